The predicted octanol–water partition coefficient (Wildman–Crippen LogP) is 9.57. The van der Waals surface area contributed by atoms with Gasteiger partial charge in [-0.1, -0.05) is 91.0 Å². The fourth-order valence-electron chi connectivity index (χ4n) is 9.88. The SMILES string of the molecule is c1ccc(COC[C@H]2CC[C@@H](OCCCCCOCC34CC5CC(CC(C5)C3)C4)[C@@H](OCc3ccccc3)[C@H]2OCc2ccccc2)cc1. The molecule has 5 fully saturated rings. The minimum Gasteiger partial charge on any atom is -0.381 e. The zero-order chi connectivity index (χ0) is 33.1. The van der Waals surface area contributed by atoms with Crippen molar-refractivity contribution < 1.29 is 23.7 Å². The largest absolute Gasteiger partial charge is 0.381 e. The van der Waals surface area contributed by atoms with Gasteiger partial charge in [-0.3, -0.25) is 0 Å². The Bertz CT molecular complexity index is 1330. The van der Waals surface area contributed by atoms with Crippen LogP contribution in [-0.2, 0) is 43.5 Å². The molecule has 5 heteroatoms. The van der Waals surface area contributed by atoms with Crippen molar-refractivity contribution in [2.24, 2.45) is 29.1 Å². The minimum atomic E-state index is -0.174. The third-order valence-electron chi connectivity index (χ3n) is 11.8. The Labute approximate surface area is 295 Å². The van der Waals surface area contributed by atoms with Gasteiger partial charge in [-0.2, -0.15) is 0 Å². The Morgan fingerprint density at radius 2 is 1.04 bits per heavy atom. The van der Waals surface area contributed by atoms with Crippen LogP contribution in [0.4, 0.5) is 0 Å². The van der Waals surface area contributed by atoms with Gasteiger partial charge in [0.25, 0.3) is 0 Å². The monoisotopic (exact) mass is 666 g/mol. The Morgan fingerprint density at radius 3 is 1.63 bits per heavy atom. The van der Waals surface area contributed by atoms with Gasteiger partial charge < -0.3 is 23.7 Å². The number of hydrogen-bond donors (Lipinski definition) is 0. The van der Waals surface area contributed by atoms with Gasteiger partial charge in [0.1, 0.15) is 6.10 Å². The van der Waals surface area contributed by atoms with Crippen LogP contribution >= 0.6 is 0 Å². The lowest BCUT2D eigenvalue weighted by molar-refractivity contribution is -0.192. The molecule has 8 rings (SSSR count). The molecule has 5 aliphatic carbocycles. The summed E-state index contributed by atoms with van der Waals surface area (Å²) in [5.41, 5.74) is 4.04. The van der Waals surface area contributed by atoms with E-state index in [4.69, 9.17) is 23.7 Å². The quantitative estimate of drug-likeness (QED) is 0.119. The molecule has 0 heterocycles. The lowest BCUT2D eigenvalue weighted by atomic mass is 9.50. The third-order valence-corrected chi connectivity index (χ3v) is 11.8. The first-order chi connectivity index (χ1) is 24.2. The Hall–Kier alpha value is -2.54. The molecule has 5 nitrogen and oxygen atoms in total. The highest BCUT2D eigenvalue weighted by molar-refractivity contribution is 5.15. The summed E-state index contributed by atoms with van der Waals surface area (Å²) < 4.78 is 32.9. The normalized spacial score (nSPS) is 30.5. The first-order valence-electron chi connectivity index (χ1n) is 19.3. The fourth-order valence-corrected chi connectivity index (χ4v) is 9.88. The number of ether oxygens (including phenoxy) is 5. The van der Waals surface area contributed by atoms with Gasteiger partial charge >= 0.3 is 0 Å². The average molecular weight is 667 g/mol. The van der Waals surface area contributed by atoms with E-state index in [1.807, 2.05) is 6.07 Å². The standard InChI is InChI=1S/C44H58O5/c1-5-13-34(14-6-1)29-46-32-40-19-20-41(43(49-31-36-17-9-3-10-18-36)42(40)48-30-35-15-7-2-8-16-35)47-22-12-4-11-21-45-33-44-26-37-23-38(27-44)25-39(24-37)28-44/h1-3,5-10,13-18,37-43H,4,11-12,19-33H2/t37?,38?,39?,40-,41-,42+,43-,44?/m1/s1. The van der Waals surface area contributed by atoms with E-state index < -0.39 is 0 Å². The molecular weight excluding hydrogens is 608 g/mol. The van der Waals surface area contributed by atoms with Crippen LogP contribution in [0.1, 0.15) is 87.3 Å². The van der Waals surface area contributed by atoms with E-state index in [0.717, 1.165) is 69.7 Å². The van der Waals surface area contributed by atoms with Crippen LogP contribution in [0.3, 0.4) is 0 Å². The third kappa shape index (κ3) is 9.83. The van der Waals surface area contributed by atoms with Crippen LogP contribution in [0.15, 0.2) is 91.0 Å². The Balaban J connectivity index is 0.917. The molecule has 0 radical (unpaired) electrons. The van der Waals surface area contributed by atoms with E-state index >= 15 is 0 Å². The highest BCUT2D eigenvalue weighted by Gasteiger charge is 2.51. The lowest BCUT2D eigenvalue weighted by Gasteiger charge is -2.56. The second kappa shape index (κ2) is 17.6. The molecule has 264 valence electrons. The van der Waals surface area contributed by atoms with Crippen molar-refractivity contribution in [3.8, 4) is 0 Å². The number of rotatable bonds is 19. The van der Waals surface area contributed by atoms with Crippen LogP contribution in [0.25, 0.3) is 0 Å². The van der Waals surface area contributed by atoms with E-state index in [9.17, 15) is 0 Å². The number of hydrogen-bond acceptors (Lipinski definition) is 5. The van der Waals surface area contributed by atoms with E-state index in [1.165, 1.54) is 55.2 Å². The zero-order valence-electron chi connectivity index (χ0n) is 29.5. The summed E-state index contributed by atoms with van der Waals surface area (Å²) in [6.45, 7) is 4.94. The van der Waals surface area contributed by atoms with E-state index in [0.29, 0.717) is 31.8 Å². The molecule has 0 aromatic heterocycles. The van der Waals surface area contributed by atoms with Gasteiger partial charge in [0.05, 0.1) is 45.2 Å². The van der Waals surface area contributed by atoms with Gasteiger partial charge in [0.2, 0.25) is 0 Å². The van der Waals surface area contributed by atoms with Gasteiger partial charge in [-0.05, 0) is 110 Å². The maximum absolute atomic E-state index is 6.77. The molecule has 0 unspecified atom stereocenters. The van der Waals surface area contributed by atoms with Crippen molar-refractivity contribution in [2.45, 2.75) is 109 Å². The van der Waals surface area contributed by atoms with Crippen molar-refractivity contribution in [3.05, 3.63) is 108 Å². The summed E-state index contributed by atoms with van der Waals surface area (Å²) in [4.78, 5) is 0. The van der Waals surface area contributed by atoms with Crippen molar-refractivity contribution >= 4 is 0 Å². The molecule has 3 aromatic carbocycles. The van der Waals surface area contributed by atoms with Crippen molar-refractivity contribution in [1.82, 2.24) is 0 Å². The molecule has 0 amide bonds. The van der Waals surface area contributed by atoms with Gasteiger partial charge in [0.15, 0.2) is 0 Å². The minimum absolute atomic E-state index is 0.0119. The van der Waals surface area contributed by atoms with Gasteiger partial charge in [0, 0.05) is 19.1 Å². The molecular formula is C44H58O5. The summed E-state index contributed by atoms with van der Waals surface area (Å²) in [5, 5.41) is 0. The van der Waals surface area contributed by atoms with E-state index in [1.54, 1.807) is 0 Å². The second-order valence-electron chi connectivity index (χ2n) is 15.8. The first kappa shape index (κ1) is 34.9. The highest BCUT2D eigenvalue weighted by atomic mass is 16.6. The van der Waals surface area contributed by atoms with Crippen molar-refractivity contribution in [3.63, 3.8) is 0 Å². The number of benzene rings is 3. The van der Waals surface area contributed by atoms with Crippen LogP contribution in [-0.4, -0.2) is 44.7 Å². The topological polar surface area (TPSA) is 46.2 Å². The lowest BCUT2D eigenvalue weighted by Crippen LogP contribution is -2.51. The Kier molecular flexibility index (Phi) is 12.5. The van der Waals surface area contributed by atoms with Gasteiger partial charge in [-0.15, -0.1) is 0 Å². The molecule has 0 aliphatic heterocycles. The molecule has 4 bridgehead atoms. The summed E-state index contributed by atoms with van der Waals surface area (Å²) in [5.74, 6) is 3.20. The van der Waals surface area contributed by atoms with Crippen LogP contribution in [0.2, 0.25) is 0 Å². The molecule has 0 N–H and O–H groups in total. The maximum Gasteiger partial charge on any atom is 0.111 e. The number of unbranched alkanes of at least 4 members (excludes halogenated alkanes) is 2. The van der Waals surface area contributed by atoms with Crippen molar-refractivity contribution in [2.75, 3.05) is 26.4 Å². The molecule has 5 saturated carbocycles. The smallest absolute Gasteiger partial charge is 0.111 e. The predicted molar refractivity (Wildman–Crippen MR) is 194 cm³/mol. The molecule has 5 aliphatic rings. The summed E-state index contributed by atoms with van der Waals surface area (Å²) >= 11 is 0. The molecule has 4 atom stereocenters. The summed E-state index contributed by atoms with van der Waals surface area (Å²) in [6, 6.07) is 31.3. The molecule has 0 spiro atoms. The first-order valence-corrected chi connectivity index (χ1v) is 19.3. The maximum atomic E-state index is 6.77. The van der Waals surface area contributed by atoms with Crippen LogP contribution in [0.5, 0.6) is 0 Å². The molecule has 49 heavy (non-hydrogen) atoms. The summed E-state index contributed by atoms with van der Waals surface area (Å²) in [7, 11) is 0. The highest BCUT2D eigenvalue weighted by Crippen LogP contribution is 2.60. The average Bonchev–Trinajstić information content (AvgIpc) is 3.12. The van der Waals surface area contributed by atoms with E-state index in [-0.39, 0.29) is 24.2 Å². The molecule has 3 aromatic rings. The van der Waals surface area contributed by atoms with Gasteiger partial charge in [-0.25, -0.2) is 0 Å². The van der Waals surface area contributed by atoms with Crippen molar-refractivity contribution in [1.29, 1.82) is 0 Å². The summed E-state index contributed by atoms with van der Waals surface area (Å²) in [6.07, 6.45) is 13.7. The van der Waals surface area contributed by atoms with E-state index in [2.05, 4.69) is 84.9 Å². The Morgan fingerprint density at radius 1 is 0.510 bits per heavy atom. The second-order valence-corrected chi connectivity index (χ2v) is 15.8. The van der Waals surface area contributed by atoms with Crippen LogP contribution in [0, 0.1) is 29.1 Å². The zero-order valence-corrected chi connectivity index (χ0v) is 29.5. The van der Waals surface area contributed by atoms with Crippen LogP contribution < -0.4 is 0 Å². The molecule has 0 saturated heterocycles. The fraction of sp³-hybridized carbons (Fsp3) is 0.591.